The molecule has 0 bridgehead atoms. The summed E-state index contributed by atoms with van der Waals surface area (Å²) in [6.45, 7) is 7.69. The van der Waals surface area contributed by atoms with Gasteiger partial charge in [-0.05, 0) is 18.8 Å². The molecule has 2 amide bonds. The van der Waals surface area contributed by atoms with E-state index in [2.05, 4.69) is 22.1 Å². The first-order chi connectivity index (χ1) is 10.8. The second-order valence-corrected chi connectivity index (χ2v) is 5.67. The predicted octanol–water partition coefficient (Wildman–Crippen LogP) is -0.0441. The summed E-state index contributed by atoms with van der Waals surface area (Å²) in [7, 11) is 2.72. The van der Waals surface area contributed by atoms with E-state index in [4.69, 9.17) is 4.74 Å². The van der Waals surface area contributed by atoms with Crippen molar-refractivity contribution < 1.29 is 23.9 Å². The Labute approximate surface area is 136 Å². The second kappa shape index (κ2) is 8.64. The molecule has 8 nitrogen and oxygen atoms in total. The molecule has 0 spiro atoms. The molecule has 1 saturated heterocycles. The molecule has 0 aromatic rings. The second-order valence-electron chi connectivity index (χ2n) is 5.67. The number of hydrazine groups is 1. The van der Waals surface area contributed by atoms with Crippen LogP contribution in [0.5, 0.6) is 0 Å². The van der Waals surface area contributed by atoms with Crippen molar-refractivity contribution in [3.63, 3.8) is 0 Å². The van der Waals surface area contributed by atoms with Crippen LogP contribution in [0.25, 0.3) is 0 Å². The van der Waals surface area contributed by atoms with E-state index in [1.165, 1.54) is 19.2 Å². The van der Waals surface area contributed by atoms with Crippen molar-refractivity contribution >= 4 is 17.8 Å². The van der Waals surface area contributed by atoms with Crippen LogP contribution >= 0.6 is 0 Å². The number of esters is 1. The molecule has 0 aromatic carbocycles. The maximum Gasteiger partial charge on any atom is 0.324 e. The van der Waals surface area contributed by atoms with Crippen LogP contribution in [0, 0.1) is 5.92 Å². The van der Waals surface area contributed by atoms with Crippen LogP contribution in [-0.2, 0) is 23.9 Å². The van der Waals surface area contributed by atoms with E-state index in [0.29, 0.717) is 19.4 Å². The third kappa shape index (κ3) is 5.04. The van der Waals surface area contributed by atoms with Gasteiger partial charge in [-0.1, -0.05) is 20.4 Å². The summed E-state index contributed by atoms with van der Waals surface area (Å²) in [5.41, 5.74) is 2.72. The van der Waals surface area contributed by atoms with E-state index >= 15 is 0 Å². The number of nitrogens with zero attached hydrogens (tertiary/aromatic N) is 1. The molecule has 1 heterocycles. The number of nitrogens with one attached hydrogen (secondary N) is 2. The summed E-state index contributed by atoms with van der Waals surface area (Å²) in [5.74, 6) is -1.40. The number of rotatable bonds is 6. The zero-order valence-electron chi connectivity index (χ0n) is 14.0. The Morgan fingerprint density at radius 2 is 1.96 bits per heavy atom. The van der Waals surface area contributed by atoms with E-state index in [-0.39, 0.29) is 11.6 Å². The van der Waals surface area contributed by atoms with Crippen molar-refractivity contribution in [2.24, 2.45) is 5.92 Å². The standard InChI is InChI=1S/C15H25N3O5/c1-9(2)12(22-4)13(19)16-10(3)14(20)18-8-6-7-11(17-18)15(21)23-5/h9,11-12,17H,3,6-8H2,1-2,4-5H3,(H,16,19)/t11-,12-/m0/s1. The normalized spacial score (nSPS) is 19.2. The lowest BCUT2D eigenvalue weighted by molar-refractivity contribution is -0.149. The summed E-state index contributed by atoms with van der Waals surface area (Å²) in [5, 5.41) is 3.73. The molecule has 2 N–H and O–H groups in total. The van der Waals surface area contributed by atoms with Gasteiger partial charge in [-0.15, -0.1) is 0 Å². The molecule has 1 aliphatic rings. The van der Waals surface area contributed by atoms with Crippen LogP contribution in [0.3, 0.4) is 0 Å². The number of methoxy groups -OCH3 is 2. The number of hydrogen-bond acceptors (Lipinski definition) is 6. The van der Waals surface area contributed by atoms with E-state index in [1.807, 2.05) is 13.8 Å². The minimum absolute atomic E-state index is 0.0419. The lowest BCUT2D eigenvalue weighted by Gasteiger charge is -2.33. The molecular formula is C15H25N3O5. The molecule has 0 saturated carbocycles. The first kappa shape index (κ1) is 19.1. The Morgan fingerprint density at radius 1 is 1.30 bits per heavy atom. The number of amides is 2. The van der Waals surface area contributed by atoms with Crippen molar-refractivity contribution in [3.8, 4) is 0 Å². The number of carbonyl (C=O) groups excluding carboxylic acids is 3. The largest absolute Gasteiger partial charge is 0.468 e. The first-order valence-corrected chi connectivity index (χ1v) is 7.50. The van der Waals surface area contributed by atoms with E-state index in [1.54, 1.807) is 0 Å². The Kier molecular flexibility index (Phi) is 7.18. The van der Waals surface area contributed by atoms with Gasteiger partial charge in [0.25, 0.3) is 11.8 Å². The van der Waals surface area contributed by atoms with Crippen molar-refractivity contribution in [1.29, 1.82) is 0 Å². The minimum Gasteiger partial charge on any atom is -0.468 e. The van der Waals surface area contributed by atoms with E-state index in [0.717, 1.165) is 0 Å². The van der Waals surface area contributed by atoms with Crippen LogP contribution in [0.4, 0.5) is 0 Å². The van der Waals surface area contributed by atoms with Gasteiger partial charge in [0, 0.05) is 13.7 Å². The first-order valence-electron chi connectivity index (χ1n) is 7.50. The zero-order chi connectivity index (χ0) is 17.6. The van der Waals surface area contributed by atoms with Crippen LogP contribution < -0.4 is 10.7 Å². The monoisotopic (exact) mass is 327 g/mol. The van der Waals surface area contributed by atoms with Gasteiger partial charge in [-0.2, -0.15) is 0 Å². The fraction of sp³-hybridized carbons (Fsp3) is 0.667. The van der Waals surface area contributed by atoms with Gasteiger partial charge in [-0.25, -0.2) is 5.43 Å². The minimum atomic E-state index is -0.670. The average Bonchev–Trinajstić information content (AvgIpc) is 2.53. The van der Waals surface area contributed by atoms with Gasteiger partial charge >= 0.3 is 5.97 Å². The van der Waals surface area contributed by atoms with Gasteiger partial charge < -0.3 is 14.8 Å². The van der Waals surface area contributed by atoms with Crippen LogP contribution in [0.15, 0.2) is 12.3 Å². The molecule has 1 fully saturated rings. The SMILES string of the molecule is C=C(NC(=O)[C@@H](OC)C(C)C)C(=O)N1CCC[C@@H](C(=O)OC)N1. The fourth-order valence-corrected chi connectivity index (χ4v) is 2.36. The summed E-state index contributed by atoms with van der Waals surface area (Å²) < 4.78 is 9.77. The molecule has 0 unspecified atom stereocenters. The Hall–Kier alpha value is -1.93. The summed E-state index contributed by atoms with van der Waals surface area (Å²) in [4.78, 5) is 36.0. The van der Waals surface area contributed by atoms with Crippen molar-refractivity contribution in [1.82, 2.24) is 15.8 Å². The third-order valence-electron chi connectivity index (χ3n) is 3.57. The molecule has 0 aliphatic carbocycles. The van der Waals surface area contributed by atoms with Crippen LogP contribution in [0.2, 0.25) is 0 Å². The highest BCUT2D eigenvalue weighted by Gasteiger charge is 2.30. The molecule has 8 heteroatoms. The number of hydrogen-bond donors (Lipinski definition) is 2. The van der Waals surface area contributed by atoms with Crippen LogP contribution in [-0.4, -0.2) is 55.7 Å². The van der Waals surface area contributed by atoms with Gasteiger partial charge in [-0.3, -0.25) is 19.4 Å². The maximum absolute atomic E-state index is 12.3. The van der Waals surface area contributed by atoms with Crippen molar-refractivity contribution in [2.75, 3.05) is 20.8 Å². The smallest absolute Gasteiger partial charge is 0.324 e. The van der Waals surface area contributed by atoms with Crippen molar-refractivity contribution in [3.05, 3.63) is 12.3 Å². The third-order valence-corrected chi connectivity index (χ3v) is 3.57. The Morgan fingerprint density at radius 3 is 2.48 bits per heavy atom. The molecule has 1 aliphatic heterocycles. The van der Waals surface area contributed by atoms with Gasteiger partial charge in [0.2, 0.25) is 0 Å². The van der Waals surface area contributed by atoms with E-state index in [9.17, 15) is 14.4 Å². The topological polar surface area (TPSA) is 97.0 Å². The zero-order valence-corrected chi connectivity index (χ0v) is 14.0. The molecular weight excluding hydrogens is 302 g/mol. The highest BCUT2D eigenvalue weighted by atomic mass is 16.5. The maximum atomic E-state index is 12.3. The number of carbonyl (C=O) groups is 3. The molecule has 23 heavy (non-hydrogen) atoms. The van der Waals surface area contributed by atoms with Gasteiger partial charge in [0.15, 0.2) is 0 Å². The Bertz CT molecular complexity index is 478. The molecule has 130 valence electrons. The summed E-state index contributed by atoms with van der Waals surface area (Å²) in [6.07, 6.45) is 0.553. The average molecular weight is 327 g/mol. The number of ether oxygens (including phenoxy) is 2. The highest BCUT2D eigenvalue weighted by Crippen LogP contribution is 2.11. The highest BCUT2D eigenvalue weighted by molar-refractivity contribution is 5.97. The molecule has 2 atom stereocenters. The quantitative estimate of drug-likeness (QED) is 0.525. The summed E-state index contributed by atoms with van der Waals surface area (Å²) in [6, 6.07) is -0.580. The van der Waals surface area contributed by atoms with Gasteiger partial charge in [0.1, 0.15) is 17.8 Å². The molecule has 0 radical (unpaired) electrons. The molecule has 0 aromatic heterocycles. The van der Waals surface area contributed by atoms with Gasteiger partial charge in [0.05, 0.1) is 7.11 Å². The fourth-order valence-electron chi connectivity index (χ4n) is 2.36. The van der Waals surface area contributed by atoms with Crippen molar-refractivity contribution in [2.45, 2.75) is 38.8 Å². The molecule has 1 rings (SSSR count). The van der Waals surface area contributed by atoms with Crippen LogP contribution in [0.1, 0.15) is 26.7 Å². The van der Waals surface area contributed by atoms with E-state index < -0.39 is 29.9 Å². The summed E-state index contributed by atoms with van der Waals surface area (Å²) >= 11 is 0. The lowest BCUT2D eigenvalue weighted by atomic mass is 10.1. The Balaban J connectivity index is 2.64. The lowest BCUT2D eigenvalue weighted by Crippen LogP contribution is -2.56. The predicted molar refractivity (Wildman–Crippen MR) is 82.8 cm³/mol.